The Bertz CT molecular complexity index is 546. The number of ketones is 1. The van der Waals surface area contributed by atoms with Gasteiger partial charge in [-0.15, -0.1) is 11.3 Å². The summed E-state index contributed by atoms with van der Waals surface area (Å²) in [6.07, 6.45) is 0. The molecular formula is C13H11NO2S. The van der Waals surface area contributed by atoms with Crippen LogP contribution in [0.1, 0.15) is 27.0 Å². The molecule has 2 rings (SSSR count). The van der Waals surface area contributed by atoms with Crippen LogP contribution in [0.3, 0.4) is 0 Å². The maximum Gasteiger partial charge on any atom is 0.265 e. The Labute approximate surface area is 103 Å². The summed E-state index contributed by atoms with van der Waals surface area (Å²) in [6.45, 7) is 1.48. The van der Waals surface area contributed by atoms with E-state index in [1.165, 1.54) is 18.3 Å². The van der Waals surface area contributed by atoms with Crippen LogP contribution in [0, 0.1) is 0 Å². The number of benzene rings is 1. The van der Waals surface area contributed by atoms with Crippen LogP contribution in [0.4, 0.5) is 5.69 Å². The summed E-state index contributed by atoms with van der Waals surface area (Å²) in [5.74, 6) is -0.249. The fourth-order valence-electron chi connectivity index (χ4n) is 1.49. The number of thiophene rings is 1. The van der Waals surface area contributed by atoms with Gasteiger partial charge in [0.25, 0.3) is 5.91 Å². The Morgan fingerprint density at radius 2 is 1.88 bits per heavy atom. The molecule has 3 nitrogen and oxygen atoms in total. The lowest BCUT2D eigenvalue weighted by Crippen LogP contribution is -2.12. The number of nitrogens with one attached hydrogen (secondary N) is 1. The zero-order valence-electron chi connectivity index (χ0n) is 9.27. The minimum absolute atomic E-state index is 0.0629. The predicted octanol–water partition coefficient (Wildman–Crippen LogP) is 3.20. The minimum atomic E-state index is -0.186. The van der Waals surface area contributed by atoms with Crippen molar-refractivity contribution in [2.45, 2.75) is 6.92 Å². The molecule has 2 aromatic rings. The molecule has 1 heterocycles. The van der Waals surface area contributed by atoms with Gasteiger partial charge in [-0.2, -0.15) is 0 Å². The zero-order chi connectivity index (χ0) is 12.3. The Morgan fingerprint density at radius 3 is 2.53 bits per heavy atom. The van der Waals surface area contributed by atoms with Crippen molar-refractivity contribution in [3.05, 3.63) is 52.2 Å². The number of hydrogen-bond acceptors (Lipinski definition) is 3. The molecule has 0 unspecified atom stereocenters. The van der Waals surface area contributed by atoms with Gasteiger partial charge < -0.3 is 5.32 Å². The highest BCUT2D eigenvalue weighted by atomic mass is 32.1. The molecule has 0 aliphatic heterocycles. The summed E-state index contributed by atoms with van der Waals surface area (Å²) < 4.78 is 0. The van der Waals surface area contributed by atoms with Gasteiger partial charge in [-0.3, -0.25) is 9.59 Å². The summed E-state index contributed by atoms with van der Waals surface area (Å²) in [6, 6.07) is 10.6. The van der Waals surface area contributed by atoms with E-state index in [-0.39, 0.29) is 11.7 Å². The van der Waals surface area contributed by atoms with E-state index in [0.717, 1.165) is 0 Å². The maximum absolute atomic E-state index is 11.8. The summed E-state index contributed by atoms with van der Waals surface area (Å²) in [5, 5.41) is 4.58. The number of anilines is 1. The van der Waals surface area contributed by atoms with Crippen LogP contribution < -0.4 is 5.32 Å². The number of Topliss-reactive ketones (excluding diaryl/α,β-unsaturated/α-hetero) is 1. The third kappa shape index (κ3) is 2.60. The summed E-state index contributed by atoms with van der Waals surface area (Å²) in [7, 11) is 0. The molecule has 17 heavy (non-hydrogen) atoms. The Morgan fingerprint density at radius 1 is 1.12 bits per heavy atom. The fourth-order valence-corrected chi connectivity index (χ4v) is 2.11. The van der Waals surface area contributed by atoms with E-state index < -0.39 is 0 Å². The van der Waals surface area contributed by atoms with Crippen molar-refractivity contribution in [2.24, 2.45) is 0 Å². The van der Waals surface area contributed by atoms with Crippen LogP contribution in [-0.4, -0.2) is 11.7 Å². The van der Waals surface area contributed by atoms with Gasteiger partial charge in [0, 0.05) is 5.56 Å². The van der Waals surface area contributed by atoms with Gasteiger partial charge in [0.15, 0.2) is 5.78 Å². The van der Waals surface area contributed by atoms with E-state index in [1.54, 1.807) is 30.3 Å². The molecule has 0 atom stereocenters. The van der Waals surface area contributed by atoms with Crippen LogP contribution >= 0.6 is 11.3 Å². The maximum atomic E-state index is 11.8. The molecule has 1 N–H and O–H groups in total. The Hall–Kier alpha value is -1.94. The van der Waals surface area contributed by atoms with E-state index in [9.17, 15) is 9.59 Å². The van der Waals surface area contributed by atoms with E-state index in [4.69, 9.17) is 0 Å². The summed E-state index contributed by atoms with van der Waals surface area (Å²) >= 11 is 1.37. The lowest BCUT2D eigenvalue weighted by molar-refractivity contribution is 0.101. The van der Waals surface area contributed by atoms with Crippen LogP contribution in [-0.2, 0) is 0 Å². The van der Waals surface area contributed by atoms with Crippen molar-refractivity contribution in [3.8, 4) is 0 Å². The largest absolute Gasteiger partial charge is 0.321 e. The lowest BCUT2D eigenvalue weighted by Gasteiger charge is -2.07. The molecule has 0 aliphatic rings. The third-order valence-corrected chi connectivity index (χ3v) is 3.17. The number of amides is 1. The average molecular weight is 245 g/mol. The molecule has 1 aromatic carbocycles. The molecule has 0 bridgehead atoms. The standard InChI is InChI=1S/C13H11NO2S/c1-9(15)10-5-2-3-6-11(10)14-13(16)12-7-4-8-17-12/h2-8H,1H3,(H,14,16). The number of para-hydroxylation sites is 1. The molecule has 0 aliphatic carbocycles. The van der Waals surface area contributed by atoms with E-state index >= 15 is 0 Å². The Balaban J connectivity index is 2.25. The van der Waals surface area contributed by atoms with Crippen molar-refractivity contribution in [1.29, 1.82) is 0 Å². The highest BCUT2D eigenvalue weighted by Gasteiger charge is 2.11. The van der Waals surface area contributed by atoms with Gasteiger partial charge in [0.1, 0.15) is 0 Å². The smallest absolute Gasteiger partial charge is 0.265 e. The lowest BCUT2D eigenvalue weighted by atomic mass is 10.1. The first-order chi connectivity index (χ1) is 8.18. The second-order valence-corrected chi connectivity index (χ2v) is 4.48. The average Bonchev–Trinajstić information content (AvgIpc) is 2.83. The fraction of sp³-hybridized carbons (Fsp3) is 0.0769. The number of rotatable bonds is 3. The van der Waals surface area contributed by atoms with Gasteiger partial charge in [0.2, 0.25) is 0 Å². The van der Waals surface area contributed by atoms with Crippen molar-refractivity contribution in [1.82, 2.24) is 0 Å². The van der Waals surface area contributed by atoms with Crippen LogP contribution in [0.5, 0.6) is 0 Å². The molecule has 4 heteroatoms. The topological polar surface area (TPSA) is 46.2 Å². The molecule has 0 saturated heterocycles. The molecule has 0 spiro atoms. The first kappa shape index (κ1) is 11.5. The van der Waals surface area contributed by atoms with E-state index in [0.29, 0.717) is 16.1 Å². The molecule has 0 saturated carbocycles. The quantitative estimate of drug-likeness (QED) is 0.844. The van der Waals surface area contributed by atoms with Gasteiger partial charge in [-0.25, -0.2) is 0 Å². The number of carbonyl (C=O) groups is 2. The van der Waals surface area contributed by atoms with Crippen molar-refractivity contribution < 1.29 is 9.59 Å². The number of hydrogen-bond donors (Lipinski definition) is 1. The Kier molecular flexibility index (Phi) is 3.35. The van der Waals surface area contributed by atoms with Gasteiger partial charge in [0.05, 0.1) is 10.6 Å². The first-order valence-electron chi connectivity index (χ1n) is 5.13. The summed E-state index contributed by atoms with van der Waals surface area (Å²) in [5.41, 5.74) is 1.08. The highest BCUT2D eigenvalue weighted by molar-refractivity contribution is 7.12. The van der Waals surface area contributed by atoms with Crippen LogP contribution in [0.15, 0.2) is 41.8 Å². The molecule has 1 aromatic heterocycles. The zero-order valence-corrected chi connectivity index (χ0v) is 10.1. The van der Waals surface area contributed by atoms with Crippen molar-refractivity contribution in [2.75, 3.05) is 5.32 Å². The second-order valence-electron chi connectivity index (χ2n) is 3.53. The minimum Gasteiger partial charge on any atom is -0.321 e. The van der Waals surface area contributed by atoms with Gasteiger partial charge >= 0.3 is 0 Å². The second kappa shape index (κ2) is 4.93. The van der Waals surface area contributed by atoms with Crippen LogP contribution in [0.25, 0.3) is 0 Å². The molecule has 0 radical (unpaired) electrons. The predicted molar refractivity (Wildman–Crippen MR) is 68.7 cm³/mol. The molecule has 0 fully saturated rings. The van der Waals surface area contributed by atoms with Gasteiger partial charge in [-0.1, -0.05) is 18.2 Å². The van der Waals surface area contributed by atoms with Crippen LogP contribution in [0.2, 0.25) is 0 Å². The molecule has 86 valence electrons. The molecular weight excluding hydrogens is 234 g/mol. The first-order valence-corrected chi connectivity index (χ1v) is 6.01. The molecule has 1 amide bonds. The van der Waals surface area contributed by atoms with Crippen molar-refractivity contribution >= 4 is 28.7 Å². The number of carbonyl (C=O) groups excluding carboxylic acids is 2. The monoisotopic (exact) mass is 245 g/mol. The van der Waals surface area contributed by atoms with Gasteiger partial charge in [-0.05, 0) is 30.5 Å². The highest BCUT2D eigenvalue weighted by Crippen LogP contribution is 2.18. The van der Waals surface area contributed by atoms with E-state index in [1.807, 2.05) is 11.4 Å². The SMILES string of the molecule is CC(=O)c1ccccc1NC(=O)c1cccs1. The summed E-state index contributed by atoms with van der Waals surface area (Å²) in [4.78, 5) is 23.9. The third-order valence-electron chi connectivity index (χ3n) is 2.30. The normalized spacial score (nSPS) is 9.94. The van der Waals surface area contributed by atoms with E-state index in [2.05, 4.69) is 5.32 Å². The van der Waals surface area contributed by atoms with Crippen molar-refractivity contribution in [3.63, 3.8) is 0 Å².